The fourth-order valence-corrected chi connectivity index (χ4v) is 3.29. The van der Waals surface area contributed by atoms with Crippen molar-refractivity contribution in [1.82, 2.24) is 0 Å². The van der Waals surface area contributed by atoms with Crippen molar-refractivity contribution in [3.05, 3.63) is 67.3 Å². The van der Waals surface area contributed by atoms with Crippen LogP contribution in [-0.4, -0.2) is 5.11 Å². The van der Waals surface area contributed by atoms with Crippen LogP contribution < -0.4 is 0 Å². The summed E-state index contributed by atoms with van der Waals surface area (Å²) in [5, 5.41) is 10.8. The highest BCUT2D eigenvalue weighted by Crippen LogP contribution is 2.29. The molecule has 2 aromatic carbocycles. The molecule has 0 amide bonds. The van der Waals surface area contributed by atoms with E-state index in [1.807, 2.05) is 0 Å². The summed E-state index contributed by atoms with van der Waals surface area (Å²) >= 11 is 12.5. The fraction of sp³-hybridized carbons (Fsp3) is 0.143. The lowest BCUT2D eigenvalue weighted by Crippen LogP contribution is -2.03. The molecular formula is C14H10Br2ClFO. The van der Waals surface area contributed by atoms with Gasteiger partial charge in [-0.1, -0.05) is 49.5 Å². The molecule has 0 radical (unpaired) electrons. The minimum absolute atomic E-state index is 0.327. The summed E-state index contributed by atoms with van der Waals surface area (Å²) in [4.78, 5) is 0. The van der Waals surface area contributed by atoms with Crippen molar-refractivity contribution in [2.24, 2.45) is 0 Å². The van der Waals surface area contributed by atoms with Crippen molar-refractivity contribution in [2.45, 2.75) is 12.5 Å². The van der Waals surface area contributed by atoms with Gasteiger partial charge in [0.25, 0.3) is 0 Å². The standard InChI is InChI=1S/C14H10Br2ClFO/c15-9-3-8(4-11(18)6-9)5-14(19)12-2-1-10(17)7-13(12)16/h1-4,6-7,14,19H,5H2. The zero-order valence-electron chi connectivity index (χ0n) is 9.71. The largest absolute Gasteiger partial charge is 0.388 e. The number of aliphatic hydroxyl groups is 1. The van der Waals surface area contributed by atoms with E-state index in [0.717, 1.165) is 15.6 Å². The van der Waals surface area contributed by atoms with Crippen LogP contribution in [0.25, 0.3) is 0 Å². The SMILES string of the molecule is OC(Cc1cc(F)cc(Br)c1)c1ccc(Cl)cc1Br. The smallest absolute Gasteiger partial charge is 0.124 e. The summed E-state index contributed by atoms with van der Waals surface area (Å²) in [6, 6.07) is 9.78. The van der Waals surface area contributed by atoms with Gasteiger partial charge in [0.05, 0.1) is 6.10 Å². The molecule has 0 fully saturated rings. The van der Waals surface area contributed by atoms with E-state index in [1.54, 1.807) is 24.3 Å². The lowest BCUT2D eigenvalue weighted by Gasteiger charge is -2.13. The molecule has 0 aliphatic rings. The van der Waals surface area contributed by atoms with E-state index in [-0.39, 0.29) is 5.82 Å². The van der Waals surface area contributed by atoms with E-state index >= 15 is 0 Å². The van der Waals surface area contributed by atoms with Gasteiger partial charge in [-0.05, 0) is 41.5 Å². The molecule has 2 rings (SSSR count). The van der Waals surface area contributed by atoms with E-state index in [2.05, 4.69) is 31.9 Å². The average Bonchev–Trinajstić information content (AvgIpc) is 2.26. The first kappa shape index (κ1) is 15.0. The van der Waals surface area contributed by atoms with Crippen molar-refractivity contribution in [2.75, 3.05) is 0 Å². The fourth-order valence-electron chi connectivity index (χ4n) is 1.83. The quantitative estimate of drug-likeness (QED) is 0.733. The molecule has 5 heteroatoms. The van der Waals surface area contributed by atoms with Crippen molar-refractivity contribution < 1.29 is 9.50 Å². The Hall–Kier alpha value is -0.420. The van der Waals surface area contributed by atoms with E-state index in [4.69, 9.17) is 11.6 Å². The van der Waals surface area contributed by atoms with Crippen molar-refractivity contribution in [3.63, 3.8) is 0 Å². The maximum atomic E-state index is 13.3. The van der Waals surface area contributed by atoms with Crippen LogP contribution in [0.5, 0.6) is 0 Å². The van der Waals surface area contributed by atoms with Gasteiger partial charge < -0.3 is 5.11 Å². The predicted octanol–water partition coefficient (Wildman–Crippen LogP) is 5.28. The minimum atomic E-state index is -0.722. The summed E-state index contributed by atoms with van der Waals surface area (Å²) in [5.41, 5.74) is 1.45. The second kappa shape index (κ2) is 6.35. The van der Waals surface area contributed by atoms with Gasteiger partial charge in [0, 0.05) is 20.4 Å². The molecule has 1 atom stereocenters. The first-order valence-electron chi connectivity index (χ1n) is 5.53. The third kappa shape index (κ3) is 4.02. The number of hydrogen-bond acceptors (Lipinski definition) is 1. The molecule has 0 spiro atoms. The molecular weight excluding hydrogens is 398 g/mol. The van der Waals surface area contributed by atoms with Gasteiger partial charge in [0.1, 0.15) is 5.82 Å². The molecule has 0 heterocycles. The molecule has 19 heavy (non-hydrogen) atoms. The van der Waals surface area contributed by atoms with Gasteiger partial charge in [-0.3, -0.25) is 0 Å². The third-order valence-electron chi connectivity index (χ3n) is 2.67. The summed E-state index contributed by atoms with van der Waals surface area (Å²) in [6.07, 6.45) is -0.392. The van der Waals surface area contributed by atoms with Crippen LogP contribution in [0.15, 0.2) is 45.3 Å². The zero-order valence-corrected chi connectivity index (χ0v) is 13.6. The van der Waals surface area contributed by atoms with Crippen LogP contribution in [0.1, 0.15) is 17.2 Å². The molecule has 0 bridgehead atoms. The monoisotopic (exact) mass is 406 g/mol. The van der Waals surface area contributed by atoms with Gasteiger partial charge in [-0.25, -0.2) is 4.39 Å². The van der Waals surface area contributed by atoms with Crippen LogP contribution in [0.2, 0.25) is 5.02 Å². The third-order valence-corrected chi connectivity index (χ3v) is 4.05. The number of rotatable bonds is 3. The maximum Gasteiger partial charge on any atom is 0.124 e. The van der Waals surface area contributed by atoms with Crippen LogP contribution in [0.4, 0.5) is 4.39 Å². The van der Waals surface area contributed by atoms with Crippen molar-refractivity contribution in [1.29, 1.82) is 0 Å². The summed E-state index contributed by atoms with van der Waals surface area (Å²) in [5.74, 6) is -0.327. The molecule has 0 aliphatic heterocycles. The number of halogens is 4. The van der Waals surface area contributed by atoms with E-state index in [1.165, 1.54) is 12.1 Å². The van der Waals surface area contributed by atoms with Gasteiger partial charge in [0.15, 0.2) is 0 Å². The highest BCUT2D eigenvalue weighted by atomic mass is 79.9. The first-order valence-corrected chi connectivity index (χ1v) is 7.50. The number of hydrogen-bond donors (Lipinski definition) is 1. The topological polar surface area (TPSA) is 20.2 Å². The van der Waals surface area contributed by atoms with Crippen LogP contribution in [0.3, 0.4) is 0 Å². The van der Waals surface area contributed by atoms with Gasteiger partial charge in [-0.2, -0.15) is 0 Å². The Bertz CT molecular complexity index is 584. The molecule has 1 nitrogen and oxygen atoms in total. The molecule has 0 saturated carbocycles. The molecule has 1 unspecified atom stereocenters. The Labute approximate surface area is 132 Å². The number of aliphatic hydroxyl groups excluding tert-OH is 1. The maximum absolute atomic E-state index is 13.3. The second-order valence-corrected chi connectivity index (χ2v) is 6.37. The number of benzene rings is 2. The highest BCUT2D eigenvalue weighted by Gasteiger charge is 2.13. The lowest BCUT2D eigenvalue weighted by atomic mass is 10.0. The van der Waals surface area contributed by atoms with Gasteiger partial charge in [0.2, 0.25) is 0 Å². The highest BCUT2D eigenvalue weighted by molar-refractivity contribution is 9.10. The minimum Gasteiger partial charge on any atom is -0.388 e. The van der Waals surface area contributed by atoms with Crippen molar-refractivity contribution >= 4 is 43.5 Å². The Morgan fingerprint density at radius 1 is 1.16 bits per heavy atom. The zero-order chi connectivity index (χ0) is 14.0. The van der Waals surface area contributed by atoms with E-state index in [9.17, 15) is 9.50 Å². The molecule has 0 aliphatic carbocycles. The first-order chi connectivity index (χ1) is 8.95. The predicted molar refractivity (Wildman–Crippen MR) is 81.9 cm³/mol. The average molecular weight is 408 g/mol. The van der Waals surface area contributed by atoms with Gasteiger partial charge >= 0.3 is 0 Å². The lowest BCUT2D eigenvalue weighted by molar-refractivity contribution is 0.177. The Morgan fingerprint density at radius 2 is 1.89 bits per heavy atom. The Kier molecular flexibility index (Phi) is 5.01. The molecule has 2 aromatic rings. The molecule has 100 valence electrons. The molecule has 0 saturated heterocycles. The van der Waals surface area contributed by atoms with Crippen LogP contribution in [0, 0.1) is 5.82 Å². The van der Waals surface area contributed by atoms with Crippen molar-refractivity contribution in [3.8, 4) is 0 Å². The molecule has 0 aromatic heterocycles. The molecule has 1 N–H and O–H groups in total. The summed E-state index contributed by atoms with van der Waals surface area (Å²) in [7, 11) is 0. The van der Waals surface area contributed by atoms with Crippen LogP contribution in [-0.2, 0) is 6.42 Å². The van der Waals surface area contributed by atoms with E-state index < -0.39 is 6.10 Å². The normalized spacial score (nSPS) is 12.5. The second-order valence-electron chi connectivity index (χ2n) is 4.16. The summed E-state index contributed by atoms with van der Waals surface area (Å²) in [6.45, 7) is 0. The van der Waals surface area contributed by atoms with Crippen LogP contribution >= 0.6 is 43.5 Å². The van der Waals surface area contributed by atoms with E-state index in [0.29, 0.717) is 15.9 Å². The summed E-state index contributed by atoms with van der Waals surface area (Å²) < 4.78 is 14.7. The Morgan fingerprint density at radius 3 is 2.53 bits per heavy atom. The Balaban J connectivity index is 2.22. The van der Waals surface area contributed by atoms with Gasteiger partial charge in [-0.15, -0.1) is 0 Å².